The molecule has 6 nitrogen and oxygen atoms in total. The minimum atomic E-state index is -0.645. The molecule has 0 aliphatic carbocycles. The molecule has 0 fully saturated rings. The Kier molecular flexibility index (Phi) is 11.0. The topological polar surface area (TPSA) is 42.8 Å². The van der Waals surface area contributed by atoms with E-state index in [0.29, 0.717) is 51.2 Å². The summed E-state index contributed by atoms with van der Waals surface area (Å²) in [7, 11) is 0. The van der Waals surface area contributed by atoms with Gasteiger partial charge < -0.3 is 23.8 Å². The molecule has 2 aromatic heterocycles. The van der Waals surface area contributed by atoms with Crippen LogP contribution >= 0.6 is 0 Å². The van der Waals surface area contributed by atoms with Crippen LogP contribution in [0.5, 0.6) is 23.0 Å². The molecule has 0 N–H and O–H groups in total. The Bertz CT molecular complexity index is 4660. The summed E-state index contributed by atoms with van der Waals surface area (Å²) in [5.74, 6) is 2.68. The average Bonchev–Trinajstić information content (AvgIpc) is 1.22. The quantitative estimate of drug-likeness (QED) is 0.121. The molecule has 80 heavy (non-hydrogen) atoms. The van der Waals surface area contributed by atoms with Crippen LogP contribution in [0.1, 0.15) is 56.7 Å². The molecule has 7 heteroatoms. The molecule has 0 unspecified atom stereocenters. The van der Waals surface area contributed by atoms with Gasteiger partial charge in [-0.15, -0.1) is 48.1 Å². The second-order valence-electron chi connectivity index (χ2n) is 20.6. The van der Waals surface area contributed by atoms with Crippen LogP contribution in [0.3, 0.4) is 0 Å². The molecule has 0 bridgehead atoms. The molecule has 0 amide bonds. The number of hydrogen-bond donors (Lipinski definition) is 0. The Morgan fingerprint density at radius 1 is 0.525 bits per heavy atom. The molecule has 0 saturated heterocycles. The number of pyridine rings is 1. The normalized spacial score (nSPS) is 13.9. The van der Waals surface area contributed by atoms with Gasteiger partial charge in [-0.3, -0.25) is 0 Å². The number of benzene rings is 10. The van der Waals surface area contributed by atoms with Crippen LogP contribution in [0, 0.1) is 39.6 Å². The standard InChI is InChI=1S/C73H57N4O2.Pt/c1-48-49(2)69(53-28-15-9-16-29-53)72(70(50(48)3)54-30-17-10-18-31-54)79-59-40-41-74-68(46-59)77-64-35-20-19-34-60(64)61-39-38-58(45-67(61)77)78-57-33-23-32-56(44-57)75-47-76(66-37-22-21-36-65(66)75)71-62(51-24-11-7-12-25-51)42-55(73(4,5)6)43-63(71)52-26-13-8-14-27-52;/h7-43,46-47H,1-6H3;/q-3;/i7D,8D,11D,12D,13D,14D,24D,25D,26D,27D;. The number of ether oxygens (including phenoxy) is 2. The molecular formula is C73H57N4O2Pt-3. The zero-order valence-corrected chi connectivity index (χ0v) is 46.9. The number of rotatable bonds is 11. The van der Waals surface area contributed by atoms with E-state index in [-0.39, 0.29) is 49.0 Å². The summed E-state index contributed by atoms with van der Waals surface area (Å²) in [6, 6.07) is 54.8. The fraction of sp³-hybridized carbons (Fsp3) is 0.0959. The first-order valence-electron chi connectivity index (χ1n) is 31.1. The summed E-state index contributed by atoms with van der Waals surface area (Å²) in [5, 5.41) is 1.91. The van der Waals surface area contributed by atoms with Gasteiger partial charge in [0.2, 0.25) is 0 Å². The van der Waals surface area contributed by atoms with Gasteiger partial charge in [-0.25, -0.2) is 4.98 Å². The van der Waals surface area contributed by atoms with E-state index in [1.807, 2.05) is 135 Å². The zero-order chi connectivity index (χ0) is 62.5. The summed E-state index contributed by atoms with van der Waals surface area (Å²) < 4.78 is 105. The number of aromatic nitrogens is 2. The maximum Gasteiger partial charge on any atom is 0.143 e. The van der Waals surface area contributed by atoms with Crippen molar-refractivity contribution in [2.24, 2.45) is 0 Å². The minimum absolute atomic E-state index is 0. The largest absolute Gasteiger partial charge is 0.509 e. The van der Waals surface area contributed by atoms with E-state index in [2.05, 4.69) is 73.9 Å². The Morgan fingerprint density at radius 2 is 1.10 bits per heavy atom. The minimum Gasteiger partial charge on any atom is -0.509 e. The molecule has 394 valence electrons. The molecule has 3 heterocycles. The van der Waals surface area contributed by atoms with Crippen LogP contribution < -0.4 is 19.3 Å². The Labute approximate surface area is 497 Å². The Balaban J connectivity index is 0.00000785. The van der Waals surface area contributed by atoms with E-state index >= 15 is 0 Å². The molecule has 10 aromatic carbocycles. The third-order valence-electron chi connectivity index (χ3n) is 14.8. The number of nitrogens with zero attached hydrogens (tertiary/aromatic N) is 4. The van der Waals surface area contributed by atoms with Crippen LogP contribution in [-0.2, 0) is 26.5 Å². The first-order valence-corrected chi connectivity index (χ1v) is 26.1. The fourth-order valence-corrected chi connectivity index (χ4v) is 10.7. The van der Waals surface area contributed by atoms with Crippen LogP contribution in [0.2, 0.25) is 0 Å². The van der Waals surface area contributed by atoms with Gasteiger partial charge in [-0.2, -0.15) is 12.1 Å². The van der Waals surface area contributed by atoms with E-state index < -0.39 is 65.8 Å². The Hall–Kier alpha value is -8.96. The van der Waals surface area contributed by atoms with E-state index in [0.717, 1.165) is 55.4 Å². The van der Waals surface area contributed by atoms with Crippen molar-refractivity contribution >= 4 is 44.6 Å². The second kappa shape index (κ2) is 21.4. The fourth-order valence-electron chi connectivity index (χ4n) is 10.7. The van der Waals surface area contributed by atoms with Gasteiger partial charge in [0.1, 0.15) is 17.3 Å². The van der Waals surface area contributed by atoms with Crippen LogP contribution in [0.4, 0.5) is 22.7 Å². The van der Waals surface area contributed by atoms with Gasteiger partial charge in [-0.05, 0) is 112 Å². The summed E-state index contributed by atoms with van der Waals surface area (Å²) in [6.45, 7) is 14.1. The summed E-state index contributed by atoms with van der Waals surface area (Å²) in [4.78, 5) is 8.61. The molecule has 0 radical (unpaired) electrons. The van der Waals surface area contributed by atoms with Crippen molar-refractivity contribution in [3.63, 3.8) is 0 Å². The number of para-hydroxylation sites is 3. The van der Waals surface area contributed by atoms with Crippen LogP contribution in [0.15, 0.2) is 230 Å². The van der Waals surface area contributed by atoms with Gasteiger partial charge in [0.15, 0.2) is 0 Å². The van der Waals surface area contributed by atoms with Crippen molar-refractivity contribution in [2.75, 3.05) is 9.80 Å². The second-order valence-corrected chi connectivity index (χ2v) is 20.6. The van der Waals surface area contributed by atoms with Crippen molar-refractivity contribution in [1.82, 2.24) is 9.55 Å². The van der Waals surface area contributed by atoms with E-state index in [1.54, 1.807) is 36.0 Å². The third kappa shape index (κ3) is 9.44. The van der Waals surface area contributed by atoms with Crippen molar-refractivity contribution in [3.8, 4) is 73.3 Å². The monoisotopic (exact) mass is 1230 g/mol. The molecule has 0 saturated carbocycles. The van der Waals surface area contributed by atoms with Crippen LogP contribution in [0.25, 0.3) is 72.1 Å². The first kappa shape index (κ1) is 41.1. The molecule has 0 spiro atoms. The third-order valence-corrected chi connectivity index (χ3v) is 14.8. The molecule has 1 aliphatic heterocycles. The molecular weight excluding hydrogens is 1160 g/mol. The summed E-state index contributed by atoms with van der Waals surface area (Å²) in [5.41, 5.74) is 11.3. The number of hydrogen-bond acceptors (Lipinski definition) is 5. The predicted octanol–water partition coefficient (Wildman–Crippen LogP) is 19.7. The van der Waals surface area contributed by atoms with Gasteiger partial charge in [0.25, 0.3) is 0 Å². The summed E-state index contributed by atoms with van der Waals surface area (Å²) >= 11 is 0. The number of fused-ring (bicyclic) bond motifs is 4. The Morgan fingerprint density at radius 3 is 1.73 bits per heavy atom. The van der Waals surface area contributed by atoms with Crippen molar-refractivity contribution < 1.29 is 44.2 Å². The maximum atomic E-state index is 9.31. The van der Waals surface area contributed by atoms with E-state index in [1.165, 1.54) is 5.56 Å². The smallest absolute Gasteiger partial charge is 0.143 e. The average molecular weight is 1230 g/mol. The van der Waals surface area contributed by atoms with Gasteiger partial charge >= 0.3 is 0 Å². The zero-order valence-electron chi connectivity index (χ0n) is 54.7. The molecule has 13 rings (SSSR count). The van der Waals surface area contributed by atoms with E-state index in [9.17, 15) is 5.48 Å². The van der Waals surface area contributed by atoms with Gasteiger partial charge in [0.05, 0.1) is 13.7 Å². The summed E-state index contributed by atoms with van der Waals surface area (Å²) in [6.07, 6.45) is 1.76. The SMILES string of the molecule is [2H]c1c([2H])c([2H])c(-c2cc(C(C)(C)C)cc(-c3c([2H])c([2H])c([2H])c([2H])c3[2H])c2N2[CH-]N(c3[c-]c(Oc4[c-]c5c(cc4)c4ccccc4n5-c4cc(Oc5c(-c6ccccc6)c(C)c(C)c(C)c5-c5ccccc5)ccn4)ccc3)c3ccccc32)c([2H])c1[2H].[Pt]. The maximum absolute atomic E-state index is 9.31. The van der Waals surface area contributed by atoms with E-state index in [4.69, 9.17) is 22.7 Å². The first-order chi connectivity index (χ1) is 42.7. The molecule has 0 atom stereocenters. The van der Waals surface area contributed by atoms with Crippen molar-refractivity contribution in [3.05, 3.63) is 271 Å². The van der Waals surface area contributed by atoms with Crippen LogP contribution in [-0.4, -0.2) is 9.55 Å². The molecule has 12 aromatic rings. The molecule has 1 aliphatic rings. The number of anilines is 4. The van der Waals surface area contributed by atoms with Crippen molar-refractivity contribution in [1.29, 1.82) is 0 Å². The van der Waals surface area contributed by atoms with Gasteiger partial charge in [0, 0.05) is 89.7 Å². The predicted molar refractivity (Wildman–Crippen MR) is 325 cm³/mol. The van der Waals surface area contributed by atoms with Crippen molar-refractivity contribution in [2.45, 2.75) is 47.0 Å². The van der Waals surface area contributed by atoms with Gasteiger partial charge in [-0.1, -0.05) is 178 Å².